The third kappa shape index (κ3) is 1.56. The minimum Gasteiger partial charge on any atom is -0.496 e. The van der Waals surface area contributed by atoms with E-state index in [2.05, 4.69) is 4.74 Å². The second-order valence-electron chi connectivity index (χ2n) is 2.19. The van der Waals surface area contributed by atoms with Gasteiger partial charge in [-0.15, -0.1) is 0 Å². The van der Waals surface area contributed by atoms with Crippen LogP contribution in [0.25, 0.3) is 0 Å². The van der Waals surface area contributed by atoms with Crippen molar-refractivity contribution in [2.24, 2.45) is 0 Å². The van der Waals surface area contributed by atoms with Crippen LogP contribution in [0.3, 0.4) is 0 Å². The quantitative estimate of drug-likeness (QED) is 0.624. The standard InChI is InChI=1S/C9H10O3/c1-11-8-6-4-3-5-7(8)9(10)12-2/h3-6H,1-2H3. The number of carbonyl (C=O) groups excluding carboxylic acids is 1. The molecule has 1 rings (SSSR count). The second-order valence-corrected chi connectivity index (χ2v) is 2.19. The Balaban J connectivity index is 3.04. The smallest absolute Gasteiger partial charge is 0.341 e. The lowest BCUT2D eigenvalue weighted by atomic mass is 10.2. The van der Waals surface area contributed by atoms with Gasteiger partial charge in [-0.05, 0) is 12.1 Å². The number of esters is 1. The van der Waals surface area contributed by atoms with Crippen molar-refractivity contribution in [1.29, 1.82) is 0 Å². The number of carbonyl (C=O) groups is 1. The average Bonchev–Trinajstić information content (AvgIpc) is 2.16. The number of para-hydroxylation sites is 1. The minimum absolute atomic E-state index is 0.382. The normalized spacial score (nSPS) is 9.17. The van der Waals surface area contributed by atoms with Gasteiger partial charge in [-0.3, -0.25) is 0 Å². The van der Waals surface area contributed by atoms with Crippen LogP contribution >= 0.6 is 0 Å². The zero-order valence-electron chi connectivity index (χ0n) is 7.03. The molecule has 1 aromatic carbocycles. The maximum absolute atomic E-state index is 11.1. The summed E-state index contributed by atoms with van der Waals surface area (Å²) < 4.78 is 9.53. The number of benzene rings is 1. The van der Waals surface area contributed by atoms with Gasteiger partial charge in [0.1, 0.15) is 11.3 Å². The Labute approximate surface area is 70.9 Å². The highest BCUT2D eigenvalue weighted by atomic mass is 16.5. The van der Waals surface area contributed by atoms with Crippen molar-refractivity contribution in [1.82, 2.24) is 0 Å². The third-order valence-electron chi connectivity index (χ3n) is 1.51. The lowest BCUT2D eigenvalue weighted by Gasteiger charge is -2.04. The van der Waals surface area contributed by atoms with Crippen LogP contribution in [0.2, 0.25) is 0 Å². The molecule has 0 spiro atoms. The number of hydrogen-bond acceptors (Lipinski definition) is 3. The maximum atomic E-state index is 11.1. The molecular weight excluding hydrogens is 156 g/mol. The lowest BCUT2D eigenvalue weighted by molar-refractivity contribution is 0.0597. The van der Waals surface area contributed by atoms with Crippen molar-refractivity contribution in [3.63, 3.8) is 0 Å². The number of rotatable bonds is 2. The molecule has 0 saturated carbocycles. The molecule has 0 radical (unpaired) electrons. The molecule has 0 aromatic heterocycles. The first kappa shape index (κ1) is 8.59. The van der Waals surface area contributed by atoms with Crippen molar-refractivity contribution < 1.29 is 14.3 Å². The van der Waals surface area contributed by atoms with Gasteiger partial charge in [-0.1, -0.05) is 12.1 Å². The van der Waals surface area contributed by atoms with Crippen LogP contribution in [0.15, 0.2) is 24.3 Å². The fraction of sp³-hybridized carbons (Fsp3) is 0.222. The summed E-state index contributed by atoms with van der Waals surface area (Å²) in [5.74, 6) is 0.150. The van der Waals surface area contributed by atoms with Crippen molar-refractivity contribution in [2.75, 3.05) is 14.2 Å². The van der Waals surface area contributed by atoms with E-state index in [1.807, 2.05) is 0 Å². The zero-order valence-corrected chi connectivity index (χ0v) is 7.03. The molecule has 0 heterocycles. The Morgan fingerprint density at radius 3 is 2.50 bits per heavy atom. The Morgan fingerprint density at radius 2 is 1.92 bits per heavy atom. The van der Waals surface area contributed by atoms with Gasteiger partial charge in [0.2, 0.25) is 0 Å². The molecule has 0 bridgehead atoms. The molecule has 0 aliphatic heterocycles. The first-order valence-electron chi connectivity index (χ1n) is 3.51. The molecule has 0 aliphatic carbocycles. The van der Waals surface area contributed by atoms with Gasteiger partial charge in [0.25, 0.3) is 0 Å². The first-order valence-corrected chi connectivity index (χ1v) is 3.51. The molecule has 0 fully saturated rings. The molecule has 64 valence electrons. The van der Waals surface area contributed by atoms with Crippen LogP contribution < -0.4 is 4.74 Å². The molecule has 0 atom stereocenters. The Bertz CT molecular complexity index is 281. The fourth-order valence-electron chi connectivity index (χ4n) is 0.923. The van der Waals surface area contributed by atoms with Gasteiger partial charge < -0.3 is 9.47 Å². The van der Waals surface area contributed by atoms with E-state index in [4.69, 9.17) is 4.74 Å². The summed E-state index contributed by atoms with van der Waals surface area (Å²) in [7, 11) is 2.86. The highest BCUT2D eigenvalue weighted by Crippen LogP contribution is 2.17. The Kier molecular flexibility index (Phi) is 2.69. The van der Waals surface area contributed by atoms with E-state index in [0.29, 0.717) is 11.3 Å². The highest BCUT2D eigenvalue weighted by molar-refractivity contribution is 5.92. The van der Waals surface area contributed by atoms with E-state index in [1.165, 1.54) is 14.2 Å². The Morgan fingerprint density at radius 1 is 1.25 bits per heavy atom. The summed E-state index contributed by atoms with van der Waals surface area (Å²) >= 11 is 0. The molecule has 3 nitrogen and oxygen atoms in total. The fourth-order valence-corrected chi connectivity index (χ4v) is 0.923. The van der Waals surface area contributed by atoms with E-state index < -0.39 is 0 Å². The molecular formula is C9H10O3. The third-order valence-corrected chi connectivity index (χ3v) is 1.51. The number of hydrogen-bond donors (Lipinski definition) is 0. The Hall–Kier alpha value is -1.51. The average molecular weight is 166 g/mol. The van der Waals surface area contributed by atoms with Gasteiger partial charge in [-0.2, -0.15) is 0 Å². The SMILES string of the molecule is COC(=O)c1ccccc1OC. The van der Waals surface area contributed by atoms with Gasteiger partial charge in [-0.25, -0.2) is 4.79 Å². The van der Waals surface area contributed by atoms with Crippen LogP contribution in [0.5, 0.6) is 5.75 Å². The lowest BCUT2D eigenvalue weighted by Crippen LogP contribution is -2.03. The summed E-state index contributed by atoms with van der Waals surface area (Å²) in [5, 5.41) is 0. The van der Waals surface area contributed by atoms with E-state index in [9.17, 15) is 4.79 Å². The molecule has 12 heavy (non-hydrogen) atoms. The van der Waals surface area contributed by atoms with Crippen LogP contribution in [0, 0.1) is 0 Å². The predicted molar refractivity (Wildman–Crippen MR) is 44.3 cm³/mol. The van der Waals surface area contributed by atoms with Gasteiger partial charge >= 0.3 is 5.97 Å². The maximum Gasteiger partial charge on any atom is 0.341 e. The summed E-state index contributed by atoms with van der Waals surface area (Å²) in [4.78, 5) is 11.1. The van der Waals surface area contributed by atoms with Crippen molar-refractivity contribution in [3.8, 4) is 5.75 Å². The van der Waals surface area contributed by atoms with E-state index in [0.717, 1.165) is 0 Å². The summed E-state index contributed by atoms with van der Waals surface area (Å²) in [5.41, 5.74) is 0.447. The number of methoxy groups -OCH3 is 2. The van der Waals surface area contributed by atoms with Crippen molar-refractivity contribution in [2.45, 2.75) is 0 Å². The molecule has 3 heteroatoms. The van der Waals surface area contributed by atoms with Crippen LogP contribution in [-0.2, 0) is 4.74 Å². The molecule has 0 N–H and O–H groups in total. The highest BCUT2D eigenvalue weighted by Gasteiger charge is 2.10. The van der Waals surface area contributed by atoms with Crippen molar-refractivity contribution in [3.05, 3.63) is 29.8 Å². The topological polar surface area (TPSA) is 35.5 Å². The minimum atomic E-state index is -0.382. The molecule has 0 unspecified atom stereocenters. The summed E-state index contributed by atoms with van der Waals surface area (Å²) in [6, 6.07) is 6.93. The summed E-state index contributed by atoms with van der Waals surface area (Å²) in [6.45, 7) is 0. The zero-order chi connectivity index (χ0) is 8.97. The molecule has 1 aromatic rings. The van der Waals surface area contributed by atoms with Gasteiger partial charge in [0.05, 0.1) is 14.2 Å². The molecule has 0 aliphatic rings. The van der Waals surface area contributed by atoms with Crippen LogP contribution in [0.4, 0.5) is 0 Å². The van der Waals surface area contributed by atoms with Gasteiger partial charge in [0.15, 0.2) is 0 Å². The number of ether oxygens (including phenoxy) is 2. The van der Waals surface area contributed by atoms with E-state index in [-0.39, 0.29) is 5.97 Å². The molecule has 0 saturated heterocycles. The monoisotopic (exact) mass is 166 g/mol. The largest absolute Gasteiger partial charge is 0.496 e. The van der Waals surface area contributed by atoms with Gasteiger partial charge in [0, 0.05) is 0 Å². The molecule has 0 amide bonds. The second kappa shape index (κ2) is 3.76. The predicted octanol–water partition coefficient (Wildman–Crippen LogP) is 1.48. The van der Waals surface area contributed by atoms with Crippen LogP contribution in [0.1, 0.15) is 10.4 Å². The van der Waals surface area contributed by atoms with E-state index >= 15 is 0 Å². The van der Waals surface area contributed by atoms with Crippen molar-refractivity contribution >= 4 is 5.97 Å². The first-order chi connectivity index (χ1) is 5.79. The van der Waals surface area contributed by atoms with E-state index in [1.54, 1.807) is 24.3 Å². The summed E-state index contributed by atoms with van der Waals surface area (Å²) in [6.07, 6.45) is 0. The van der Waals surface area contributed by atoms with Crippen LogP contribution in [-0.4, -0.2) is 20.2 Å².